The lowest BCUT2D eigenvalue weighted by molar-refractivity contribution is 0.0938. The highest BCUT2D eigenvalue weighted by atomic mass is 32.2. The molecule has 2 aromatic carbocycles. The number of hydrogen-bond donors (Lipinski definition) is 1. The third kappa shape index (κ3) is 5.11. The van der Waals surface area contributed by atoms with E-state index in [1.54, 1.807) is 18.2 Å². The second kappa shape index (κ2) is 10.8. The number of benzene rings is 2. The van der Waals surface area contributed by atoms with Crippen LogP contribution >= 0.6 is 11.8 Å². The first-order chi connectivity index (χ1) is 16.6. The van der Waals surface area contributed by atoms with Crippen LogP contribution in [0, 0.1) is 0 Å². The average molecular weight is 477 g/mol. The Hall–Kier alpha value is -3.29. The topological polar surface area (TPSA) is 71.8 Å². The summed E-state index contributed by atoms with van der Waals surface area (Å²) in [6.07, 6.45) is 1.77. The molecule has 0 bridgehead atoms. The van der Waals surface area contributed by atoms with Crippen molar-refractivity contribution < 1.29 is 18.7 Å². The SMILES string of the molecule is CC.CN1CCNC(=O)c2cc(-c3ccc(/C=C4\Sc5ccccc5C4=O)o3)ccc2OCC1. The summed E-state index contributed by atoms with van der Waals surface area (Å²) in [5.41, 5.74) is 1.98. The minimum absolute atomic E-state index is 0.0103. The third-order valence-corrected chi connectivity index (χ3v) is 6.59. The van der Waals surface area contributed by atoms with Gasteiger partial charge < -0.3 is 19.4 Å². The molecule has 0 spiro atoms. The normalized spacial score (nSPS) is 17.2. The minimum atomic E-state index is -0.170. The van der Waals surface area contributed by atoms with Gasteiger partial charge in [0.15, 0.2) is 0 Å². The van der Waals surface area contributed by atoms with Gasteiger partial charge in [-0.3, -0.25) is 9.59 Å². The Kier molecular flexibility index (Phi) is 7.55. The molecule has 5 rings (SSSR count). The van der Waals surface area contributed by atoms with E-state index in [4.69, 9.17) is 9.15 Å². The molecule has 0 saturated carbocycles. The maximum Gasteiger partial charge on any atom is 0.255 e. The lowest BCUT2D eigenvalue weighted by Gasteiger charge is -2.20. The highest BCUT2D eigenvalue weighted by molar-refractivity contribution is 8.04. The number of allylic oxidation sites excluding steroid dienone is 1. The van der Waals surface area contributed by atoms with Crippen molar-refractivity contribution in [2.24, 2.45) is 0 Å². The number of carbonyl (C=O) groups excluding carboxylic acids is 2. The van der Waals surface area contributed by atoms with Gasteiger partial charge in [0.1, 0.15) is 23.9 Å². The molecule has 0 saturated heterocycles. The molecule has 34 heavy (non-hydrogen) atoms. The molecule has 0 aliphatic carbocycles. The largest absolute Gasteiger partial charge is 0.491 e. The van der Waals surface area contributed by atoms with E-state index >= 15 is 0 Å². The monoisotopic (exact) mass is 476 g/mol. The van der Waals surface area contributed by atoms with Gasteiger partial charge >= 0.3 is 0 Å². The van der Waals surface area contributed by atoms with E-state index in [0.717, 1.165) is 29.1 Å². The zero-order valence-corrected chi connectivity index (χ0v) is 20.4. The molecule has 176 valence electrons. The Morgan fingerprint density at radius 1 is 1.00 bits per heavy atom. The number of fused-ring (bicyclic) bond motifs is 2. The Bertz CT molecular complexity index is 1230. The summed E-state index contributed by atoms with van der Waals surface area (Å²) in [6.45, 7) is 6.64. The first kappa shape index (κ1) is 23.9. The number of hydrogen-bond acceptors (Lipinski definition) is 6. The first-order valence-electron chi connectivity index (χ1n) is 11.5. The van der Waals surface area contributed by atoms with Crippen LogP contribution in [0.1, 0.15) is 40.3 Å². The van der Waals surface area contributed by atoms with E-state index in [1.807, 2.05) is 63.4 Å². The zero-order chi connectivity index (χ0) is 24.1. The van der Waals surface area contributed by atoms with Crippen LogP contribution in [0.5, 0.6) is 5.75 Å². The maximum absolute atomic E-state index is 12.7. The number of nitrogens with one attached hydrogen (secondary N) is 1. The van der Waals surface area contributed by atoms with Gasteiger partial charge in [-0.2, -0.15) is 0 Å². The number of amides is 1. The van der Waals surface area contributed by atoms with Crippen molar-refractivity contribution in [3.05, 3.63) is 76.4 Å². The molecular formula is C27H28N2O4S. The number of thioether (sulfide) groups is 1. The number of Topliss-reactive ketones (excluding diaryl/α,β-unsaturated/α-hetero) is 1. The van der Waals surface area contributed by atoms with Crippen LogP contribution in [0.25, 0.3) is 17.4 Å². The van der Waals surface area contributed by atoms with Gasteiger partial charge in [0.2, 0.25) is 5.78 Å². The average Bonchev–Trinajstić information content (AvgIpc) is 3.45. The van der Waals surface area contributed by atoms with Crippen molar-refractivity contribution in [2.45, 2.75) is 18.7 Å². The zero-order valence-electron chi connectivity index (χ0n) is 19.6. The molecule has 6 nitrogen and oxygen atoms in total. The number of likely N-dealkylation sites (N-methyl/N-ethyl adjacent to an activating group) is 1. The molecule has 1 aromatic heterocycles. The molecule has 0 unspecified atom stereocenters. The molecule has 3 aromatic rings. The molecule has 0 radical (unpaired) electrons. The third-order valence-electron chi connectivity index (χ3n) is 5.49. The van der Waals surface area contributed by atoms with E-state index in [9.17, 15) is 9.59 Å². The summed E-state index contributed by atoms with van der Waals surface area (Å²) < 4.78 is 11.8. The minimum Gasteiger partial charge on any atom is -0.491 e. The summed E-state index contributed by atoms with van der Waals surface area (Å²) >= 11 is 1.45. The van der Waals surface area contributed by atoms with E-state index < -0.39 is 0 Å². The lowest BCUT2D eigenvalue weighted by atomic mass is 10.1. The number of carbonyl (C=O) groups is 2. The van der Waals surface area contributed by atoms with Crippen LogP contribution < -0.4 is 10.1 Å². The number of ketones is 1. The Morgan fingerprint density at radius 2 is 1.82 bits per heavy atom. The van der Waals surface area contributed by atoms with E-state index in [2.05, 4.69) is 10.2 Å². The van der Waals surface area contributed by atoms with Gasteiger partial charge in [0, 0.05) is 35.7 Å². The Morgan fingerprint density at radius 3 is 2.65 bits per heavy atom. The number of nitrogens with zero attached hydrogens (tertiary/aromatic N) is 1. The number of ether oxygens (including phenoxy) is 1. The van der Waals surface area contributed by atoms with Crippen molar-refractivity contribution in [1.82, 2.24) is 10.2 Å². The number of rotatable bonds is 2. The molecule has 1 amide bonds. The second-order valence-electron chi connectivity index (χ2n) is 7.76. The maximum atomic E-state index is 12.7. The van der Waals surface area contributed by atoms with Crippen LogP contribution in [-0.4, -0.2) is 49.9 Å². The summed E-state index contributed by atoms with van der Waals surface area (Å²) in [7, 11) is 2.00. The van der Waals surface area contributed by atoms with Crippen LogP contribution in [0.4, 0.5) is 0 Å². The summed E-state index contributed by atoms with van der Waals surface area (Å²) in [6, 6.07) is 16.7. The summed E-state index contributed by atoms with van der Waals surface area (Å²) in [5, 5.41) is 2.94. The van der Waals surface area contributed by atoms with Gasteiger partial charge in [-0.1, -0.05) is 37.7 Å². The highest BCUT2D eigenvalue weighted by Crippen LogP contribution is 2.41. The van der Waals surface area contributed by atoms with Gasteiger partial charge in [0.05, 0.1) is 10.5 Å². The van der Waals surface area contributed by atoms with Crippen molar-refractivity contribution in [1.29, 1.82) is 0 Å². The van der Waals surface area contributed by atoms with Crippen LogP contribution in [0.2, 0.25) is 0 Å². The molecule has 2 aliphatic rings. The fraction of sp³-hybridized carbons (Fsp3) is 0.259. The molecule has 1 N–H and O–H groups in total. The van der Waals surface area contributed by atoms with Gasteiger partial charge in [-0.15, -0.1) is 0 Å². The van der Waals surface area contributed by atoms with Crippen LogP contribution in [0.15, 0.2) is 68.8 Å². The summed E-state index contributed by atoms with van der Waals surface area (Å²) in [5.74, 6) is 1.61. The lowest BCUT2D eigenvalue weighted by Crippen LogP contribution is -2.36. The van der Waals surface area contributed by atoms with Crippen molar-refractivity contribution >= 4 is 29.5 Å². The van der Waals surface area contributed by atoms with Gasteiger partial charge in [-0.05, 0) is 55.6 Å². The summed E-state index contributed by atoms with van der Waals surface area (Å²) in [4.78, 5) is 29.0. The molecule has 0 fully saturated rings. The van der Waals surface area contributed by atoms with Crippen LogP contribution in [0.3, 0.4) is 0 Å². The molecular weight excluding hydrogens is 448 g/mol. The molecule has 0 atom stereocenters. The predicted molar refractivity (Wildman–Crippen MR) is 135 cm³/mol. The molecule has 7 heteroatoms. The Labute approximate surface area is 204 Å². The van der Waals surface area contributed by atoms with Crippen molar-refractivity contribution in [3.63, 3.8) is 0 Å². The fourth-order valence-electron chi connectivity index (χ4n) is 3.72. The number of furan rings is 1. The quantitative estimate of drug-likeness (QED) is 0.503. The van der Waals surface area contributed by atoms with E-state index in [1.165, 1.54) is 11.8 Å². The second-order valence-corrected chi connectivity index (χ2v) is 8.84. The Balaban J connectivity index is 0.00000133. The fourth-order valence-corrected chi connectivity index (χ4v) is 4.75. The van der Waals surface area contributed by atoms with Crippen molar-refractivity contribution in [2.75, 3.05) is 33.3 Å². The van der Waals surface area contributed by atoms with E-state index in [-0.39, 0.29) is 11.7 Å². The predicted octanol–water partition coefficient (Wildman–Crippen LogP) is 5.36. The van der Waals surface area contributed by atoms with Gasteiger partial charge in [-0.25, -0.2) is 0 Å². The highest BCUT2D eigenvalue weighted by Gasteiger charge is 2.25. The molecule has 3 heterocycles. The molecule has 2 aliphatic heterocycles. The smallest absolute Gasteiger partial charge is 0.255 e. The van der Waals surface area contributed by atoms with Crippen molar-refractivity contribution in [3.8, 4) is 17.1 Å². The van der Waals surface area contributed by atoms with Crippen LogP contribution in [-0.2, 0) is 0 Å². The standard InChI is InChI=1S/C25H22N2O4S.C2H6/c1-27-11-10-26-25(29)19-14-16(6-8-21(19)30-13-12-27)20-9-7-17(31-20)15-23-24(28)18-4-2-3-5-22(18)32-23;1-2/h2-9,14-15H,10-13H2,1H3,(H,26,29);1-2H3/b23-15-;. The van der Waals surface area contributed by atoms with Gasteiger partial charge in [0.25, 0.3) is 5.91 Å². The first-order valence-corrected chi connectivity index (χ1v) is 12.3. The van der Waals surface area contributed by atoms with E-state index in [0.29, 0.717) is 40.9 Å².